The SMILES string of the molecule is C[C@@H]1COCCN1C(=O)CNc1ccccc1. The van der Waals surface area contributed by atoms with Crippen LogP contribution in [0.15, 0.2) is 30.3 Å². The van der Waals surface area contributed by atoms with E-state index in [1.165, 1.54) is 0 Å². The van der Waals surface area contributed by atoms with Gasteiger partial charge in [-0.05, 0) is 19.1 Å². The van der Waals surface area contributed by atoms with Crippen molar-refractivity contribution in [2.24, 2.45) is 0 Å². The molecular formula is C13H18N2O2. The quantitative estimate of drug-likeness (QED) is 0.858. The number of rotatable bonds is 3. The van der Waals surface area contributed by atoms with Crippen LogP contribution in [0.1, 0.15) is 6.92 Å². The minimum absolute atomic E-state index is 0.129. The fourth-order valence-corrected chi connectivity index (χ4v) is 1.93. The molecule has 4 heteroatoms. The molecule has 0 aromatic heterocycles. The molecule has 0 unspecified atom stereocenters. The van der Waals surface area contributed by atoms with Crippen molar-refractivity contribution in [1.82, 2.24) is 4.90 Å². The summed E-state index contributed by atoms with van der Waals surface area (Å²) in [6.45, 7) is 4.32. The Morgan fingerprint density at radius 1 is 1.47 bits per heavy atom. The first kappa shape index (κ1) is 11.9. The lowest BCUT2D eigenvalue weighted by Crippen LogP contribution is -2.49. The van der Waals surface area contributed by atoms with E-state index in [0.717, 1.165) is 5.69 Å². The Morgan fingerprint density at radius 3 is 2.94 bits per heavy atom. The van der Waals surface area contributed by atoms with Gasteiger partial charge in [-0.1, -0.05) is 18.2 Å². The summed E-state index contributed by atoms with van der Waals surface area (Å²) in [5, 5.41) is 3.13. The summed E-state index contributed by atoms with van der Waals surface area (Å²) in [5.41, 5.74) is 0.974. The van der Waals surface area contributed by atoms with Gasteiger partial charge in [0.05, 0.1) is 25.8 Å². The van der Waals surface area contributed by atoms with Crippen molar-refractivity contribution in [1.29, 1.82) is 0 Å². The highest BCUT2D eigenvalue weighted by molar-refractivity contribution is 5.81. The number of benzene rings is 1. The Bertz CT molecular complexity index is 367. The maximum atomic E-state index is 12.0. The van der Waals surface area contributed by atoms with Gasteiger partial charge in [0.15, 0.2) is 0 Å². The molecule has 0 aliphatic carbocycles. The molecule has 2 rings (SSSR count). The maximum absolute atomic E-state index is 12.0. The van der Waals surface area contributed by atoms with Gasteiger partial charge in [0.25, 0.3) is 0 Å². The van der Waals surface area contributed by atoms with Gasteiger partial charge in [-0.3, -0.25) is 4.79 Å². The lowest BCUT2D eigenvalue weighted by atomic mass is 10.2. The molecule has 1 N–H and O–H groups in total. The van der Waals surface area contributed by atoms with Crippen LogP contribution in [-0.2, 0) is 9.53 Å². The van der Waals surface area contributed by atoms with E-state index in [-0.39, 0.29) is 11.9 Å². The van der Waals surface area contributed by atoms with Crippen LogP contribution < -0.4 is 5.32 Å². The van der Waals surface area contributed by atoms with Gasteiger partial charge in [0.1, 0.15) is 0 Å². The molecule has 1 aliphatic heterocycles. The molecule has 17 heavy (non-hydrogen) atoms. The van der Waals surface area contributed by atoms with E-state index in [1.54, 1.807) is 0 Å². The second-order valence-corrected chi connectivity index (χ2v) is 4.23. The van der Waals surface area contributed by atoms with Crippen molar-refractivity contribution in [2.45, 2.75) is 13.0 Å². The number of amides is 1. The van der Waals surface area contributed by atoms with Crippen molar-refractivity contribution < 1.29 is 9.53 Å². The molecule has 92 valence electrons. The zero-order valence-corrected chi connectivity index (χ0v) is 10.1. The van der Waals surface area contributed by atoms with Gasteiger partial charge in [0, 0.05) is 12.2 Å². The molecule has 0 spiro atoms. The summed E-state index contributed by atoms with van der Waals surface area (Å²) in [6, 6.07) is 9.94. The lowest BCUT2D eigenvalue weighted by Gasteiger charge is -2.33. The van der Waals surface area contributed by atoms with Crippen LogP contribution >= 0.6 is 0 Å². The highest BCUT2D eigenvalue weighted by atomic mass is 16.5. The highest BCUT2D eigenvalue weighted by Gasteiger charge is 2.23. The van der Waals surface area contributed by atoms with Crippen LogP contribution in [0.25, 0.3) is 0 Å². The van der Waals surface area contributed by atoms with Crippen molar-refractivity contribution in [3.8, 4) is 0 Å². The lowest BCUT2D eigenvalue weighted by molar-refractivity contribution is -0.137. The van der Waals surface area contributed by atoms with E-state index in [9.17, 15) is 4.79 Å². The van der Waals surface area contributed by atoms with Gasteiger partial charge in [-0.25, -0.2) is 0 Å². The number of carbonyl (C=O) groups excluding carboxylic acids is 1. The Kier molecular flexibility index (Phi) is 3.98. The zero-order valence-electron chi connectivity index (χ0n) is 10.1. The average molecular weight is 234 g/mol. The summed E-state index contributed by atoms with van der Waals surface area (Å²) in [7, 11) is 0. The third-order valence-electron chi connectivity index (χ3n) is 2.91. The van der Waals surface area contributed by atoms with Crippen LogP contribution in [-0.4, -0.2) is 43.2 Å². The van der Waals surface area contributed by atoms with Crippen molar-refractivity contribution >= 4 is 11.6 Å². The number of hydrogen-bond donors (Lipinski definition) is 1. The van der Waals surface area contributed by atoms with Gasteiger partial charge >= 0.3 is 0 Å². The molecule has 4 nitrogen and oxygen atoms in total. The summed E-state index contributed by atoms with van der Waals surface area (Å²) < 4.78 is 5.31. The molecule has 1 amide bonds. The molecule has 1 saturated heterocycles. The van der Waals surface area contributed by atoms with E-state index in [4.69, 9.17) is 4.74 Å². The third kappa shape index (κ3) is 3.20. The summed E-state index contributed by atoms with van der Waals surface area (Å²) in [5.74, 6) is 0.129. The smallest absolute Gasteiger partial charge is 0.242 e. The molecule has 1 atom stereocenters. The van der Waals surface area contributed by atoms with Crippen molar-refractivity contribution in [3.63, 3.8) is 0 Å². The Balaban J connectivity index is 1.84. The van der Waals surface area contributed by atoms with Crippen LogP contribution in [0.2, 0.25) is 0 Å². The number of ether oxygens (including phenoxy) is 1. The largest absolute Gasteiger partial charge is 0.377 e. The number of nitrogens with zero attached hydrogens (tertiary/aromatic N) is 1. The molecule has 1 aromatic carbocycles. The monoisotopic (exact) mass is 234 g/mol. The molecular weight excluding hydrogens is 216 g/mol. The van der Waals surface area contributed by atoms with Crippen LogP contribution in [0.4, 0.5) is 5.69 Å². The first-order valence-corrected chi connectivity index (χ1v) is 5.93. The van der Waals surface area contributed by atoms with Gasteiger partial charge < -0.3 is 15.0 Å². The van der Waals surface area contributed by atoms with Gasteiger partial charge in [-0.2, -0.15) is 0 Å². The van der Waals surface area contributed by atoms with Crippen LogP contribution in [0.3, 0.4) is 0 Å². The standard InChI is InChI=1S/C13H18N2O2/c1-11-10-17-8-7-15(11)13(16)9-14-12-5-3-2-4-6-12/h2-6,11,14H,7-10H2,1H3/t11-/m1/s1. The summed E-state index contributed by atoms with van der Waals surface area (Å²) in [6.07, 6.45) is 0. The Hall–Kier alpha value is -1.55. The molecule has 0 saturated carbocycles. The summed E-state index contributed by atoms with van der Waals surface area (Å²) >= 11 is 0. The Morgan fingerprint density at radius 2 is 2.24 bits per heavy atom. The molecule has 1 aromatic rings. The minimum Gasteiger partial charge on any atom is -0.377 e. The summed E-state index contributed by atoms with van der Waals surface area (Å²) in [4.78, 5) is 13.9. The zero-order chi connectivity index (χ0) is 12.1. The minimum atomic E-state index is 0.129. The molecule has 1 fully saturated rings. The first-order chi connectivity index (χ1) is 8.27. The molecule has 0 bridgehead atoms. The number of nitrogens with one attached hydrogen (secondary N) is 1. The number of carbonyl (C=O) groups is 1. The number of morpholine rings is 1. The molecule has 1 aliphatic rings. The highest BCUT2D eigenvalue weighted by Crippen LogP contribution is 2.08. The fourth-order valence-electron chi connectivity index (χ4n) is 1.93. The third-order valence-corrected chi connectivity index (χ3v) is 2.91. The van der Waals surface area contributed by atoms with Gasteiger partial charge in [-0.15, -0.1) is 0 Å². The van der Waals surface area contributed by atoms with Crippen molar-refractivity contribution in [3.05, 3.63) is 30.3 Å². The molecule has 0 radical (unpaired) electrons. The van der Waals surface area contributed by atoms with Gasteiger partial charge in [0.2, 0.25) is 5.91 Å². The topological polar surface area (TPSA) is 41.6 Å². The van der Waals surface area contributed by atoms with Crippen molar-refractivity contribution in [2.75, 3.05) is 31.6 Å². The Labute approximate surface area is 102 Å². The van der Waals surface area contributed by atoms with E-state index in [1.807, 2.05) is 42.2 Å². The first-order valence-electron chi connectivity index (χ1n) is 5.93. The van der Waals surface area contributed by atoms with E-state index in [0.29, 0.717) is 26.3 Å². The second-order valence-electron chi connectivity index (χ2n) is 4.23. The van der Waals surface area contributed by atoms with E-state index < -0.39 is 0 Å². The number of hydrogen-bond acceptors (Lipinski definition) is 3. The fraction of sp³-hybridized carbons (Fsp3) is 0.462. The number of para-hydroxylation sites is 1. The number of anilines is 1. The second kappa shape index (κ2) is 5.68. The average Bonchev–Trinajstić information content (AvgIpc) is 2.38. The molecule has 1 heterocycles. The predicted molar refractivity (Wildman–Crippen MR) is 66.9 cm³/mol. The van der Waals surface area contributed by atoms with Crippen LogP contribution in [0, 0.1) is 0 Å². The van der Waals surface area contributed by atoms with E-state index >= 15 is 0 Å². The predicted octanol–water partition coefficient (Wildman–Crippen LogP) is 1.35. The van der Waals surface area contributed by atoms with Crippen LogP contribution in [0.5, 0.6) is 0 Å². The maximum Gasteiger partial charge on any atom is 0.242 e. The normalized spacial score (nSPS) is 20.1. The van der Waals surface area contributed by atoms with E-state index in [2.05, 4.69) is 5.32 Å².